The number of rotatable bonds is 5. The molecule has 2 aliphatic rings. The molecular weight excluding hydrogens is 376 g/mol. The van der Waals surface area contributed by atoms with E-state index in [1.165, 1.54) is 12.5 Å². The molecule has 0 unspecified atom stereocenters. The lowest BCUT2D eigenvalue weighted by molar-refractivity contribution is -0.123. The van der Waals surface area contributed by atoms with Gasteiger partial charge in [0.05, 0.1) is 6.04 Å². The fourth-order valence-electron chi connectivity index (χ4n) is 4.75. The zero-order chi connectivity index (χ0) is 21.3. The number of likely N-dealkylation sites (tertiary alicyclic amines) is 1. The molecule has 2 aromatic rings. The molecule has 0 spiro atoms. The van der Waals surface area contributed by atoms with Crippen molar-refractivity contribution in [3.8, 4) is 11.1 Å². The van der Waals surface area contributed by atoms with E-state index in [0.29, 0.717) is 11.7 Å². The molecule has 30 heavy (non-hydrogen) atoms. The van der Waals surface area contributed by atoms with Crippen molar-refractivity contribution in [2.45, 2.75) is 46.1 Å². The van der Waals surface area contributed by atoms with Crippen molar-refractivity contribution in [3.63, 3.8) is 0 Å². The Hall–Kier alpha value is -2.73. The van der Waals surface area contributed by atoms with E-state index in [9.17, 15) is 9.59 Å². The van der Waals surface area contributed by atoms with E-state index < -0.39 is 0 Å². The molecule has 0 aliphatic carbocycles. The van der Waals surface area contributed by atoms with Crippen LogP contribution in [-0.4, -0.2) is 47.4 Å². The van der Waals surface area contributed by atoms with Crippen LogP contribution >= 0.6 is 0 Å². The quantitative estimate of drug-likeness (QED) is 0.822. The molecule has 2 amide bonds. The van der Waals surface area contributed by atoms with Crippen LogP contribution in [0.25, 0.3) is 11.1 Å². The highest BCUT2D eigenvalue weighted by molar-refractivity contribution is 6.00. The Bertz CT molecular complexity index is 956. The zero-order valence-electron chi connectivity index (χ0n) is 18.0. The first-order chi connectivity index (χ1) is 14.4. The normalized spacial score (nSPS) is 18.7. The van der Waals surface area contributed by atoms with Gasteiger partial charge in [-0.1, -0.05) is 26.0 Å². The minimum absolute atomic E-state index is 0.00528. The summed E-state index contributed by atoms with van der Waals surface area (Å²) < 4.78 is 0. The smallest absolute Gasteiger partial charge is 0.244 e. The molecule has 6 heteroatoms. The summed E-state index contributed by atoms with van der Waals surface area (Å²) in [6.07, 6.45) is 4.58. The highest BCUT2D eigenvalue weighted by Crippen LogP contribution is 2.37. The van der Waals surface area contributed by atoms with Crippen molar-refractivity contribution in [3.05, 3.63) is 42.1 Å². The molecule has 3 heterocycles. The first-order valence-electron chi connectivity index (χ1n) is 10.9. The largest absolute Gasteiger partial charge is 0.311 e. The van der Waals surface area contributed by atoms with Crippen LogP contribution in [0, 0.1) is 5.92 Å². The number of hydrogen-bond acceptors (Lipinski definition) is 4. The number of aromatic nitrogens is 1. The first-order valence-corrected chi connectivity index (χ1v) is 10.9. The van der Waals surface area contributed by atoms with Crippen LogP contribution in [0.5, 0.6) is 0 Å². The maximum absolute atomic E-state index is 13.5. The maximum atomic E-state index is 13.5. The van der Waals surface area contributed by atoms with E-state index in [1.807, 2.05) is 23.1 Å². The molecule has 1 aromatic heterocycles. The Morgan fingerprint density at radius 2 is 2.07 bits per heavy atom. The van der Waals surface area contributed by atoms with Crippen LogP contribution in [0.3, 0.4) is 0 Å². The van der Waals surface area contributed by atoms with Gasteiger partial charge in [-0.05, 0) is 66.6 Å². The van der Waals surface area contributed by atoms with Crippen molar-refractivity contribution in [1.82, 2.24) is 9.88 Å². The first kappa shape index (κ1) is 20.5. The molecule has 4 rings (SSSR count). The van der Waals surface area contributed by atoms with Crippen molar-refractivity contribution >= 4 is 23.3 Å². The SMILES string of the molecule is CC(=O)Nc1cc(-c2cccc3c2CCN3C(=O)[C@@H]2CCCN2CC(C)C)ccn1. The lowest BCUT2D eigenvalue weighted by Gasteiger charge is -2.29. The second-order valence-corrected chi connectivity index (χ2v) is 8.70. The fourth-order valence-corrected chi connectivity index (χ4v) is 4.75. The van der Waals surface area contributed by atoms with Gasteiger partial charge >= 0.3 is 0 Å². The summed E-state index contributed by atoms with van der Waals surface area (Å²) in [5.41, 5.74) is 4.32. The minimum atomic E-state index is -0.141. The summed E-state index contributed by atoms with van der Waals surface area (Å²) in [7, 11) is 0. The van der Waals surface area contributed by atoms with Crippen LogP contribution < -0.4 is 10.2 Å². The van der Waals surface area contributed by atoms with E-state index >= 15 is 0 Å². The van der Waals surface area contributed by atoms with Crippen molar-refractivity contribution in [2.24, 2.45) is 5.92 Å². The molecule has 6 nitrogen and oxygen atoms in total. The standard InChI is InChI=1S/C24H30N4O2/c1-16(2)15-27-12-5-8-22(27)24(30)28-13-10-20-19(6-4-7-21(20)28)18-9-11-25-23(14-18)26-17(3)29/h4,6-7,9,11,14,16,22H,5,8,10,12-13,15H2,1-3H3,(H,25,26,29)/t22-/m0/s1. The molecule has 1 atom stereocenters. The Kier molecular flexibility index (Phi) is 5.86. The van der Waals surface area contributed by atoms with Gasteiger partial charge in [0.25, 0.3) is 0 Å². The highest BCUT2D eigenvalue weighted by Gasteiger charge is 2.37. The number of carbonyl (C=O) groups excluding carboxylic acids is 2. The van der Waals surface area contributed by atoms with Gasteiger partial charge in [0.15, 0.2) is 0 Å². The van der Waals surface area contributed by atoms with Gasteiger partial charge in [-0.3, -0.25) is 14.5 Å². The summed E-state index contributed by atoms with van der Waals surface area (Å²) in [4.78, 5) is 33.4. The molecule has 0 radical (unpaired) electrons. The number of benzene rings is 1. The number of nitrogens with one attached hydrogen (secondary N) is 1. The molecule has 1 N–H and O–H groups in total. The molecule has 1 saturated heterocycles. The molecule has 0 bridgehead atoms. The summed E-state index contributed by atoms with van der Waals surface area (Å²) >= 11 is 0. The van der Waals surface area contributed by atoms with Crippen molar-refractivity contribution in [1.29, 1.82) is 0 Å². The zero-order valence-corrected chi connectivity index (χ0v) is 18.0. The summed E-state index contributed by atoms with van der Waals surface area (Å²) in [6, 6.07) is 9.99. The number of anilines is 2. The monoisotopic (exact) mass is 406 g/mol. The molecule has 1 aromatic carbocycles. The van der Waals surface area contributed by atoms with E-state index in [-0.39, 0.29) is 17.9 Å². The number of hydrogen-bond donors (Lipinski definition) is 1. The summed E-state index contributed by atoms with van der Waals surface area (Å²) in [6.45, 7) is 8.60. The third kappa shape index (κ3) is 4.10. The Morgan fingerprint density at radius 3 is 2.83 bits per heavy atom. The molecule has 0 saturated carbocycles. The van der Waals surface area contributed by atoms with E-state index in [0.717, 1.165) is 55.7 Å². The number of amides is 2. The van der Waals surface area contributed by atoms with Gasteiger partial charge < -0.3 is 10.2 Å². The molecule has 2 aliphatic heterocycles. The van der Waals surface area contributed by atoms with Crippen LogP contribution in [0.1, 0.15) is 39.2 Å². The Morgan fingerprint density at radius 1 is 1.23 bits per heavy atom. The third-order valence-electron chi connectivity index (χ3n) is 5.92. The second kappa shape index (κ2) is 8.56. The predicted octanol–water partition coefficient (Wildman–Crippen LogP) is 3.72. The molecule has 1 fully saturated rings. The van der Waals surface area contributed by atoms with Gasteiger partial charge in [-0.15, -0.1) is 0 Å². The minimum Gasteiger partial charge on any atom is -0.311 e. The summed E-state index contributed by atoms with van der Waals surface area (Å²) in [5, 5.41) is 2.75. The number of carbonyl (C=O) groups is 2. The van der Waals surface area contributed by atoms with E-state index in [4.69, 9.17) is 0 Å². The predicted molar refractivity (Wildman–Crippen MR) is 119 cm³/mol. The van der Waals surface area contributed by atoms with Crippen LogP contribution in [0.4, 0.5) is 11.5 Å². The van der Waals surface area contributed by atoms with Gasteiger partial charge in [-0.2, -0.15) is 0 Å². The summed E-state index contributed by atoms with van der Waals surface area (Å²) in [5.74, 6) is 1.19. The lowest BCUT2D eigenvalue weighted by Crippen LogP contribution is -2.46. The third-order valence-corrected chi connectivity index (χ3v) is 5.92. The lowest BCUT2D eigenvalue weighted by atomic mass is 9.98. The highest BCUT2D eigenvalue weighted by atomic mass is 16.2. The molecule has 158 valence electrons. The average molecular weight is 407 g/mol. The second-order valence-electron chi connectivity index (χ2n) is 8.70. The topological polar surface area (TPSA) is 65.5 Å². The van der Waals surface area contributed by atoms with Crippen LogP contribution in [0.2, 0.25) is 0 Å². The van der Waals surface area contributed by atoms with Gasteiger partial charge in [-0.25, -0.2) is 4.98 Å². The number of pyridine rings is 1. The number of nitrogens with zero attached hydrogens (tertiary/aromatic N) is 3. The maximum Gasteiger partial charge on any atom is 0.244 e. The van der Waals surface area contributed by atoms with Crippen LogP contribution in [0.15, 0.2) is 36.5 Å². The molecular formula is C24H30N4O2. The van der Waals surface area contributed by atoms with E-state index in [1.54, 1.807) is 6.20 Å². The van der Waals surface area contributed by atoms with Gasteiger partial charge in [0.1, 0.15) is 5.82 Å². The van der Waals surface area contributed by atoms with Crippen molar-refractivity contribution < 1.29 is 9.59 Å². The van der Waals surface area contributed by atoms with Crippen molar-refractivity contribution in [2.75, 3.05) is 29.9 Å². The van der Waals surface area contributed by atoms with Gasteiger partial charge in [0.2, 0.25) is 11.8 Å². The number of fused-ring (bicyclic) bond motifs is 1. The van der Waals surface area contributed by atoms with E-state index in [2.05, 4.69) is 41.2 Å². The van der Waals surface area contributed by atoms with Gasteiger partial charge in [0, 0.05) is 31.9 Å². The Labute approximate surface area is 178 Å². The fraction of sp³-hybridized carbons (Fsp3) is 0.458. The average Bonchev–Trinajstić information content (AvgIpc) is 3.33. The van der Waals surface area contributed by atoms with Crippen LogP contribution in [-0.2, 0) is 16.0 Å². The Balaban J connectivity index is 1.61.